The average Bonchev–Trinajstić information content (AvgIpc) is 2.24. The number of aromatic nitrogens is 1. The first-order valence-corrected chi connectivity index (χ1v) is 6.11. The summed E-state index contributed by atoms with van der Waals surface area (Å²) in [5.74, 6) is 0.408. The van der Waals surface area contributed by atoms with Crippen LogP contribution < -0.4 is 5.32 Å². The zero-order valence-corrected chi connectivity index (χ0v) is 11.3. The molecule has 0 aliphatic carbocycles. The lowest BCUT2D eigenvalue weighted by atomic mass is 9.94. The van der Waals surface area contributed by atoms with Crippen molar-refractivity contribution in [1.29, 1.82) is 0 Å². The van der Waals surface area contributed by atoms with Crippen molar-refractivity contribution in [2.45, 2.75) is 39.0 Å². The first-order chi connectivity index (χ1) is 8.60. The Balaban J connectivity index is 2.68. The van der Waals surface area contributed by atoms with E-state index in [2.05, 4.69) is 10.3 Å². The zero-order valence-electron chi connectivity index (χ0n) is 11.3. The van der Waals surface area contributed by atoms with E-state index in [4.69, 9.17) is 0 Å². The summed E-state index contributed by atoms with van der Waals surface area (Å²) in [5, 5.41) is 12.8. The van der Waals surface area contributed by atoms with E-state index in [1.165, 1.54) is 12.1 Å². The van der Waals surface area contributed by atoms with E-state index >= 15 is 0 Å². The van der Waals surface area contributed by atoms with E-state index in [9.17, 15) is 18.3 Å². The number of halogens is 3. The quantitative estimate of drug-likeness (QED) is 0.867. The molecule has 0 radical (unpaired) electrons. The molecule has 1 unspecified atom stereocenters. The van der Waals surface area contributed by atoms with Gasteiger partial charge >= 0.3 is 6.18 Å². The smallest absolute Gasteiger partial charge is 0.388 e. The van der Waals surface area contributed by atoms with Crippen molar-refractivity contribution in [2.75, 3.05) is 11.9 Å². The fourth-order valence-corrected chi connectivity index (χ4v) is 1.92. The van der Waals surface area contributed by atoms with Crippen LogP contribution in [0.5, 0.6) is 0 Å². The minimum Gasteiger partial charge on any atom is -0.388 e. The van der Waals surface area contributed by atoms with E-state index in [0.29, 0.717) is 12.3 Å². The molecule has 1 heterocycles. The van der Waals surface area contributed by atoms with Crippen molar-refractivity contribution in [2.24, 2.45) is 5.92 Å². The molecule has 108 valence electrons. The maximum absolute atomic E-state index is 12.5. The molecule has 6 heteroatoms. The third kappa shape index (κ3) is 5.46. The Labute approximate surface area is 110 Å². The third-order valence-corrected chi connectivity index (χ3v) is 2.54. The highest BCUT2D eigenvalue weighted by Crippen LogP contribution is 2.28. The van der Waals surface area contributed by atoms with Gasteiger partial charge in [0.1, 0.15) is 11.5 Å². The van der Waals surface area contributed by atoms with Crippen LogP contribution in [0.15, 0.2) is 18.2 Å². The molecule has 0 spiro atoms. The average molecular weight is 276 g/mol. The van der Waals surface area contributed by atoms with E-state index in [1.54, 1.807) is 6.92 Å². The van der Waals surface area contributed by atoms with E-state index in [0.717, 1.165) is 6.07 Å². The molecule has 0 saturated carbocycles. The molecule has 0 amide bonds. The maximum atomic E-state index is 12.5. The van der Waals surface area contributed by atoms with Crippen LogP contribution in [0.1, 0.15) is 32.9 Å². The summed E-state index contributed by atoms with van der Waals surface area (Å²) in [6.45, 7) is 5.74. The summed E-state index contributed by atoms with van der Waals surface area (Å²) >= 11 is 0. The highest BCUT2D eigenvalue weighted by Gasteiger charge is 2.32. The van der Waals surface area contributed by atoms with Gasteiger partial charge in [0, 0.05) is 6.54 Å². The first-order valence-electron chi connectivity index (χ1n) is 6.11. The van der Waals surface area contributed by atoms with Crippen molar-refractivity contribution >= 4 is 5.82 Å². The van der Waals surface area contributed by atoms with Gasteiger partial charge in [-0.3, -0.25) is 0 Å². The number of nitrogens with one attached hydrogen (secondary N) is 1. The highest BCUT2D eigenvalue weighted by atomic mass is 19.4. The molecule has 0 aliphatic heterocycles. The summed E-state index contributed by atoms with van der Waals surface area (Å²) in [4.78, 5) is 3.48. The van der Waals surface area contributed by atoms with Crippen molar-refractivity contribution in [3.8, 4) is 0 Å². The number of aliphatic hydroxyl groups is 1. The predicted molar refractivity (Wildman–Crippen MR) is 67.8 cm³/mol. The number of anilines is 1. The van der Waals surface area contributed by atoms with Crippen LogP contribution in [0.2, 0.25) is 0 Å². The van der Waals surface area contributed by atoms with Crippen molar-refractivity contribution in [1.82, 2.24) is 4.98 Å². The molecule has 0 bridgehead atoms. The van der Waals surface area contributed by atoms with Gasteiger partial charge in [-0.15, -0.1) is 0 Å². The van der Waals surface area contributed by atoms with Gasteiger partial charge in [-0.25, -0.2) is 4.98 Å². The predicted octanol–water partition coefficient (Wildman–Crippen LogP) is 3.31. The van der Waals surface area contributed by atoms with E-state index < -0.39 is 17.5 Å². The van der Waals surface area contributed by atoms with Gasteiger partial charge in [0.05, 0.1) is 5.60 Å². The van der Waals surface area contributed by atoms with Crippen molar-refractivity contribution in [3.05, 3.63) is 23.9 Å². The Morgan fingerprint density at radius 2 is 1.95 bits per heavy atom. The van der Waals surface area contributed by atoms with Crippen LogP contribution in [-0.4, -0.2) is 22.2 Å². The lowest BCUT2D eigenvalue weighted by Gasteiger charge is -2.25. The number of alkyl halides is 3. The largest absolute Gasteiger partial charge is 0.433 e. The normalized spacial score (nSPS) is 15.4. The molecule has 1 aromatic heterocycles. The zero-order chi connectivity index (χ0) is 14.7. The third-order valence-electron chi connectivity index (χ3n) is 2.54. The summed E-state index contributed by atoms with van der Waals surface area (Å²) in [7, 11) is 0. The second-order valence-corrected chi connectivity index (χ2v) is 5.35. The SMILES string of the molecule is CC(C)CC(C)(O)CNc1cccc(C(F)(F)F)n1. The van der Waals surface area contributed by atoms with Crippen molar-refractivity contribution in [3.63, 3.8) is 0 Å². The molecule has 2 N–H and O–H groups in total. The second-order valence-electron chi connectivity index (χ2n) is 5.35. The molecule has 1 aromatic rings. The highest BCUT2D eigenvalue weighted by molar-refractivity contribution is 5.36. The van der Waals surface area contributed by atoms with Gasteiger partial charge in [-0.1, -0.05) is 19.9 Å². The number of pyridine rings is 1. The fourth-order valence-electron chi connectivity index (χ4n) is 1.92. The van der Waals surface area contributed by atoms with Gasteiger partial charge < -0.3 is 10.4 Å². The topological polar surface area (TPSA) is 45.1 Å². The number of rotatable bonds is 5. The number of hydrogen-bond donors (Lipinski definition) is 2. The Kier molecular flexibility index (Phi) is 4.79. The minimum absolute atomic E-state index is 0.110. The Hall–Kier alpha value is -1.30. The molecular formula is C13H19F3N2O. The van der Waals surface area contributed by atoms with Crippen LogP contribution in [-0.2, 0) is 6.18 Å². The van der Waals surface area contributed by atoms with Crippen molar-refractivity contribution < 1.29 is 18.3 Å². The molecule has 0 saturated heterocycles. The first kappa shape index (κ1) is 15.8. The molecule has 1 rings (SSSR count). The van der Waals surface area contributed by atoms with Gasteiger partial charge in [0.2, 0.25) is 0 Å². The number of hydrogen-bond acceptors (Lipinski definition) is 3. The van der Waals surface area contributed by atoms with Crippen LogP contribution in [0.25, 0.3) is 0 Å². The van der Waals surface area contributed by atoms with Crippen LogP contribution >= 0.6 is 0 Å². The molecule has 0 aliphatic rings. The van der Waals surface area contributed by atoms with Gasteiger partial charge in [-0.2, -0.15) is 13.2 Å². The lowest BCUT2D eigenvalue weighted by molar-refractivity contribution is -0.141. The summed E-state index contributed by atoms with van der Waals surface area (Å²) in [6, 6.07) is 3.65. The lowest BCUT2D eigenvalue weighted by Crippen LogP contribution is -2.35. The Bertz CT molecular complexity index is 417. The molecule has 0 aromatic carbocycles. The van der Waals surface area contributed by atoms with Crippen LogP contribution in [0.4, 0.5) is 19.0 Å². The summed E-state index contributed by atoms with van der Waals surface area (Å²) < 4.78 is 37.4. The molecule has 19 heavy (non-hydrogen) atoms. The van der Waals surface area contributed by atoms with E-state index in [1.807, 2.05) is 13.8 Å². The van der Waals surface area contributed by atoms with Gasteiger partial charge in [0.15, 0.2) is 0 Å². The molecule has 0 fully saturated rings. The standard InChI is InChI=1S/C13H19F3N2O/c1-9(2)7-12(3,19)8-17-11-6-4-5-10(18-11)13(14,15)16/h4-6,9,19H,7-8H2,1-3H3,(H,17,18). The Morgan fingerprint density at radius 3 is 2.47 bits per heavy atom. The Morgan fingerprint density at radius 1 is 1.32 bits per heavy atom. The van der Waals surface area contributed by atoms with E-state index in [-0.39, 0.29) is 12.4 Å². The van der Waals surface area contributed by atoms with Gasteiger partial charge in [-0.05, 0) is 31.4 Å². The maximum Gasteiger partial charge on any atom is 0.433 e. The molecular weight excluding hydrogens is 257 g/mol. The minimum atomic E-state index is -4.46. The second kappa shape index (κ2) is 5.77. The van der Waals surface area contributed by atoms with Crippen LogP contribution in [0, 0.1) is 5.92 Å². The summed E-state index contributed by atoms with van der Waals surface area (Å²) in [5.41, 5.74) is -1.93. The summed E-state index contributed by atoms with van der Waals surface area (Å²) in [6.07, 6.45) is -3.91. The number of nitrogens with zero attached hydrogens (tertiary/aromatic N) is 1. The molecule has 1 atom stereocenters. The monoisotopic (exact) mass is 276 g/mol. The van der Waals surface area contributed by atoms with Crippen LogP contribution in [0.3, 0.4) is 0 Å². The van der Waals surface area contributed by atoms with Gasteiger partial charge in [0.25, 0.3) is 0 Å². The fraction of sp³-hybridized carbons (Fsp3) is 0.615. The molecule has 3 nitrogen and oxygen atoms in total.